The van der Waals surface area contributed by atoms with Gasteiger partial charge in [0.2, 0.25) is 0 Å². The quantitative estimate of drug-likeness (QED) is 0.779. The van der Waals surface area contributed by atoms with Crippen molar-refractivity contribution in [3.63, 3.8) is 0 Å². The van der Waals surface area contributed by atoms with Crippen LogP contribution in [0.4, 0.5) is 0 Å². The molecule has 0 aliphatic rings. The number of nitriles is 1. The molecule has 0 aliphatic carbocycles. The van der Waals surface area contributed by atoms with Gasteiger partial charge in [0.05, 0.1) is 5.56 Å². The summed E-state index contributed by atoms with van der Waals surface area (Å²) in [5.74, 6) is 1.34. The summed E-state index contributed by atoms with van der Waals surface area (Å²) in [5.41, 5.74) is 2.74. The van der Waals surface area contributed by atoms with Gasteiger partial charge in [0.15, 0.2) is 0 Å². The number of hydrogen-bond acceptors (Lipinski definition) is 2. The minimum atomic E-state index is 0.549. The predicted molar refractivity (Wildman–Crippen MR) is 75.0 cm³/mol. The molecule has 0 radical (unpaired) electrons. The standard InChI is InChI=1S/C15H12BrNO/c1-11-3-2-4-14(7-11)18-15-6-5-12(9-16)8-13(15)10-17/h2-8H,9H2,1H3. The minimum absolute atomic E-state index is 0.549. The summed E-state index contributed by atoms with van der Waals surface area (Å²) in [7, 11) is 0. The van der Waals surface area contributed by atoms with Gasteiger partial charge in [-0.1, -0.05) is 34.1 Å². The molecule has 2 aromatic carbocycles. The molecular weight excluding hydrogens is 290 g/mol. The van der Waals surface area contributed by atoms with E-state index in [-0.39, 0.29) is 0 Å². The summed E-state index contributed by atoms with van der Waals surface area (Å²) in [6.45, 7) is 2.01. The van der Waals surface area contributed by atoms with Gasteiger partial charge < -0.3 is 4.74 Å². The molecule has 2 aromatic rings. The highest BCUT2D eigenvalue weighted by Gasteiger charge is 2.05. The summed E-state index contributed by atoms with van der Waals surface area (Å²) in [6.07, 6.45) is 0. The van der Waals surface area contributed by atoms with Crippen LogP contribution >= 0.6 is 15.9 Å². The number of hydrogen-bond donors (Lipinski definition) is 0. The highest BCUT2D eigenvalue weighted by Crippen LogP contribution is 2.26. The Balaban J connectivity index is 2.32. The summed E-state index contributed by atoms with van der Waals surface area (Å²) < 4.78 is 5.74. The van der Waals surface area contributed by atoms with Crippen molar-refractivity contribution in [2.45, 2.75) is 12.3 Å². The van der Waals surface area contributed by atoms with Crippen LogP contribution in [0.15, 0.2) is 42.5 Å². The lowest BCUT2D eigenvalue weighted by Gasteiger charge is -2.08. The van der Waals surface area contributed by atoms with Crippen molar-refractivity contribution >= 4 is 15.9 Å². The summed E-state index contributed by atoms with van der Waals surface area (Å²) in [6, 6.07) is 15.5. The van der Waals surface area contributed by atoms with E-state index in [0.717, 1.165) is 22.2 Å². The van der Waals surface area contributed by atoms with E-state index in [0.29, 0.717) is 11.3 Å². The summed E-state index contributed by atoms with van der Waals surface area (Å²) in [5, 5.41) is 9.85. The molecule has 2 rings (SSSR count). The Kier molecular flexibility index (Phi) is 4.01. The first kappa shape index (κ1) is 12.7. The van der Waals surface area contributed by atoms with Crippen molar-refractivity contribution in [2.24, 2.45) is 0 Å². The molecule has 0 unspecified atom stereocenters. The Labute approximate surface area is 115 Å². The zero-order chi connectivity index (χ0) is 13.0. The third kappa shape index (κ3) is 2.91. The van der Waals surface area contributed by atoms with Gasteiger partial charge in [0, 0.05) is 5.33 Å². The van der Waals surface area contributed by atoms with E-state index in [1.54, 1.807) is 0 Å². The van der Waals surface area contributed by atoms with Crippen molar-refractivity contribution in [3.8, 4) is 17.6 Å². The van der Waals surface area contributed by atoms with Crippen LogP contribution in [0.2, 0.25) is 0 Å². The van der Waals surface area contributed by atoms with Crippen LogP contribution in [-0.2, 0) is 5.33 Å². The second-order valence-corrected chi connectivity index (χ2v) is 4.56. The molecule has 0 amide bonds. The van der Waals surface area contributed by atoms with Crippen LogP contribution in [0.1, 0.15) is 16.7 Å². The molecule has 90 valence electrons. The fourth-order valence-electron chi connectivity index (χ4n) is 1.64. The minimum Gasteiger partial charge on any atom is -0.456 e. The molecule has 0 fully saturated rings. The van der Waals surface area contributed by atoms with Crippen molar-refractivity contribution < 1.29 is 4.74 Å². The highest BCUT2D eigenvalue weighted by molar-refractivity contribution is 9.08. The van der Waals surface area contributed by atoms with Crippen LogP contribution in [0, 0.1) is 18.3 Å². The Morgan fingerprint density at radius 1 is 1.22 bits per heavy atom. The van der Waals surface area contributed by atoms with Crippen molar-refractivity contribution in [1.82, 2.24) is 0 Å². The van der Waals surface area contributed by atoms with E-state index in [4.69, 9.17) is 10.00 Å². The molecule has 0 saturated carbocycles. The Morgan fingerprint density at radius 3 is 2.72 bits per heavy atom. The average molecular weight is 302 g/mol. The van der Waals surface area contributed by atoms with Gasteiger partial charge in [0.1, 0.15) is 17.6 Å². The van der Waals surface area contributed by atoms with E-state index >= 15 is 0 Å². The predicted octanol–water partition coefficient (Wildman–Crippen LogP) is 4.55. The third-order valence-corrected chi connectivity index (χ3v) is 3.18. The fourth-order valence-corrected chi connectivity index (χ4v) is 1.99. The van der Waals surface area contributed by atoms with Gasteiger partial charge in [-0.25, -0.2) is 0 Å². The van der Waals surface area contributed by atoms with E-state index in [2.05, 4.69) is 22.0 Å². The second kappa shape index (κ2) is 5.70. The average Bonchev–Trinajstić information content (AvgIpc) is 2.39. The maximum atomic E-state index is 9.13. The zero-order valence-corrected chi connectivity index (χ0v) is 11.6. The number of halogens is 1. The lowest BCUT2D eigenvalue weighted by atomic mass is 10.1. The van der Waals surface area contributed by atoms with E-state index in [9.17, 15) is 0 Å². The lowest BCUT2D eigenvalue weighted by molar-refractivity contribution is 0.480. The van der Waals surface area contributed by atoms with E-state index in [1.165, 1.54) is 0 Å². The molecule has 0 aliphatic heterocycles. The Bertz CT molecular complexity index is 602. The van der Waals surface area contributed by atoms with Gasteiger partial charge in [-0.3, -0.25) is 0 Å². The number of ether oxygens (including phenoxy) is 1. The Hall–Kier alpha value is -1.79. The number of rotatable bonds is 3. The first-order chi connectivity index (χ1) is 8.72. The van der Waals surface area contributed by atoms with Crippen LogP contribution in [0.25, 0.3) is 0 Å². The van der Waals surface area contributed by atoms with Crippen LogP contribution in [0.3, 0.4) is 0 Å². The monoisotopic (exact) mass is 301 g/mol. The lowest BCUT2D eigenvalue weighted by Crippen LogP contribution is -1.90. The van der Waals surface area contributed by atoms with Crippen molar-refractivity contribution in [2.75, 3.05) is 0 Å². The maximum absolute atomic E-state index is 9.13. The van der Waals surface area contributed by atoms with Crippen molar-refractivity contribution in [1.29, 1.82) is 5.26 Å². The first-order valence-corrected chi connectivity index (χ1v) is 6.68. The Morgan fingerprint density at radius 2 is 2.06 bits per heavy atom. The number of benzene rings is 2. The SMILES string of the molecule is Cc1cccc(Oc2ccc(CBr)cc2C#N)c1. The molecule has 0 heterocycles. The van der Waals surface area contributed by atoms with Gasteiger partial charge in [-0.2, -0.15) is 5.26 Å². The molecular formula is C15H12BrNO. The van der Waals surface area contributed by atoms with Gasteiger partial charge >= 0.3 is 0 Å². The van der Waals surface area contributed by atoms with Crippen molar-refractivity contribution in [3.05, 3.63) is 59.2 Å². The molecule has 2 nitrogen and oxygen atoms in total. The van der Waals surface area contributed by atoms with Gasteiger partial charge in [-0.15, -0.1) is 0 Å². The first-order valence-electron chi connectivity index (χ1n) is 5.56. The summed E-state index contributed by atoms with van der Waals surface area (Å²) in [4.78, 5) is 0. The van der Waals surface area contributed by atoms with Crippen LogP contribution in [0.5, 0.6) is 11.5 Å². The largest absolute Gasteiger partial charge is 0.456 e. The van der Waals surface area contributed by atoms with Gasteiger partial charge in [-0.05, 0) is 42.3 Å². The van der Waals surface area contributed by atoms with E-state index < -0.39 is 0 Å². The molecule has 0 bridgehead atoms. The molecule has 18 heavy (non-hydrogen) atoms. The molecule has 0 aromatic heterocycles. The highest BCUT2D eigenvalue weighted by atomic mass is 79.9. The number of alkyl halides is 1. The van der Waals surface area contributed by atoms with E-state index in [1.807, 2.05) is 49.4 Å². The van der Waals surface area contributed by atoms with Crippen LogP contribution in [-0.4, -0.2) is 0 Å². The fraction of sp³-hybridized carbons (Fsp3) is 0.133. The molecule has 0 saturated heterocycles. The molecule has 0 spiro atoms. The van der Waals surface area contributed by atoms with Gasteiger partial charge in [0.25, 0.3) is 0 Å². The normalized spacial score (nSPS) is 9.83. The second-order valence-electron chi connectivity index (χ2n) is 3.99. The summed E-state index contributed by atoms with van der Waals surface area (Å²) >= 11 is 3.37. The molecule has 3 heteroatoms. The zero-order valence-electron chi connectivity index (χ0n) is 9.98. The van der Waals surface area contributed by atoms with Crippen LogP contribution < -0.4 is 4.74 Å². The topological polar surface area (TPSA) is 33.0 Å². The smallest absolute Gasteiger partial charge is 0.145 e. The number of aryl methyl sites for hydroxylation is 1. The molecule has 0 atom stereocenters. The maximum Gasteiger partial charge on any atom is 0.145 e. The number of nitrogens with zero attached hydrogens (tertiary/aromatic N) is 1. The third-order valence-electron chi connectivity index (χ3n) is 2.54. The molecule has 0 N–H and O–H groups in total.